The highest BCUT2D eigenvalue weighted by atomic mass is 35.5. The Morgan fingerprint density at radius 1 is 1.11 bits per heavy atom. The van der Waals surface area contributed by atoms with Gasteiger partial charge >= 0.3 is 5.97 Å². The van der Waals surface area contributed by atoms with E-state index in [1.807, 2.05) is 18.2 Å². The molecule has 27 heavy (non-hydrogen) atoms. The van der Waals surface area contributed by atoms with Gasteiger partial charge < -0.3 is 15.0 Å². The molecule has 2 aromatic carbocycles. The molecule has 0 aromatic heterocycles. The first-order valence-corrected chi connectivity index (χ1v) is 8.96. The van der Waals surface area contributed by atoms with Gasteiger partial charge in [-0.3, -0.25) is 14.4 Å². The fraction of sp³-hybridized carbons (Fsp3) is 0.211. The summed E-state index contributed by atoms with van der Waals surface area (Å²) in [5.74, 6) is -1.86. The molecule has 1 aliphatic heterocycles. The number of halogens is 2. The maximum absolute atomic E-state index is 12.2. The Morgan fingerprint density at radius 3 is 2.44 bits per heavy atom. The van der Waals surface area contributed by atoms with E-state index in [9.17, 15) is 14.4 Å². The number of esters is 1. The molecular weight excluding hydrogens is 391 g/mol. The van der Waals surface area contributed by atoms with Gasteiger partial charge in [0.1, 0.15) is 0 Å². The van der Waals surface area contributed by atoms with E-state index in [1.165, 1.54) is 18.2 Å². The standard InChI is InChI=1S/C19H16Cl2N2O4/c20-13-7-14(21)9-15(8-13)22-17(24)11-27-19(26)12-6-18(25)23(10-12)16-4-2-1-3-5-16/h1-5,7-9,12H,6,10-11H2,(H,22,24)/t12-/m1/s1. The highest BCUT2D eigenvalue weighted by Gasteiger charge is 2.36. The van der Waals surface area contributed by atoms with E-state index in [-0.39, 0.29) is 18.9 Å². The number of benzene rings is 2. The smallest absolute Gasteiger partial charge is 0.311 e. The van der Waals surface area contributed by atoms with Crippen molar-refractivity contribution < 1.29 is 19.1 Å². The van der Waals surface area contributed by atoms with E-state index in [4.69, 9.17) is 27.9 Å². The largest absolute Gasteiger partial charge is 0.455 e. The first-order valence-electron chi connectivity index (χ1n) is 8.20. The maximum Gasteiger partial charge on any atom is 0.311 e. The SMILES string of the molecule is O=C(COC(=O)[C@@H]1CC(=O)N(c2ccccc2)C1)Nc1cc(Cl)cc(Cl)c1. The van der Waals surface area contributed by atoms with Crippen LogP contribution in [0.2, 0.25) is 10.0 Å². The van der Waals surface area contributed by atoms with Gasteiger partial charge in [0, 0.05) is 34.4 Å². The Kier molecular flexibility index (Phi) is 5.98. The monoisotopic (exact) mass is 406 g/mol. The summed E-state index contributed by atoms with van der Waals surface area (Å²) < 4.78 is 5.06. The number of nitrogens with one attached hydrogen (secondary N) is 1. The van der Waals surface area contributed by atoms with Crippen molar-refractivity contribution >= 4 is 52.4 Å². The van der Waals surface area contributed by atoms with E-state index in [0.717, 1.165) is 5.69 Å². The van der Waals surface area contributed by atoms with Crippen molar-refractivity contribution in [1.82, 2.24) is 0 Å². The lowest BCUT2D eigenvalue weighted by molar-refractivity contribution is -0.151. The number of para-hydroxylation sites is 1. The summed E-state index contributed by atoms with van der Waals surface area (Å²) in [7, 11) is 0. The van der Waals surface area contributed by atoms with E-state index in [0.29, 0.717) is 15.7 Å². The average molecular weight is 407 g/mol. The second kappa shape index (κ2) is 8.41. The molecule has 6 nitrogen and oxygen atoms in total. The number of hydrogen-bond acceptors (Lipinski definition) is 4. The maximum atomic E-state index is 12.2. The predicted molar refractivity (Wildman–Crippen MR) is 103 cm³/mol. The average Bonchev–Trinajstić information content (AvgIpc) is 3.01. The Morgan fingerprint density at radius 2 is 1.78 bits per heavy atom. The first kappa shape index (κ1) is 19.2. The number of rotatable bonds is 5. The van der Waals surface area contributed by atoms with Gasteiger partial charge in [0.05, 0.1) is 5.92 Å². The normalized spacial score (nSPS) is 16.3. The van der Waals surface area contributed by atoms with E-state index < -0.39 is 24.4 Å². The molecule has 1 heterocycles. The van der Waals surface area contributed by atoms with Crippen LogP contribution in [0.5, 0.6) is 0 Å². The Bertz CT molecular complexity index is 853. The molecule has 0 bridgehead atoms. The molecule has 0 radical (unpaired) electrons. The van der Waals surface area contributed by atoms with Crippen LogP contribution in [-0.2, 0) is 19.1 Å². The van der Waals surface area contributed by atoms with Crippen LogP contribution < -0.4 is 10.2 Å². The zero-order valence-corrected chi connectivity index (χ0v) is 15.7. The fourth-order valence-corrected chi connectivity index (χ4v) is 3.33. The summed E-state index contributed by atoms with van der Waals surface area (Å²) >= 11 is 11.7. The molecule has 0 spiro atoms. The molecule has 0 unspecified atom stereocenters. The first-order chi connectivity index (χ1) is 12.9. The third kappa shape index (κ3) is 4.99. The molecule has 8 heteroatoms. The van der Waals surface area contributed by atoms with Crippen molar-refractivity contribution in [2.45, 2.75) is 6.42 Å². The van der Waals surface area contributed by atoms with Crippen molar-refractivity contribution in [1.29, 1.82) is 0 Å². The van der Waals surface area contributed by atoms with Gasteiger partial charge in [-0.05, 0) is 30.3 Å². The summed E-state index contributed by atoms with van der Waals surface area (Å²) in [6.07, 6.45) is 0.0548. The molecule has 1 N–H and O–H groups in total. The molecule has 1 fully saturated rings. The fourth-order valence-electron chi connectivity index (χ4n) is 2.80. The molecular formula is C19H16Cl2N2O4. The van der Waals surface area contributed by atoms with Crippen molar-refractivity contribution in [2.24, 2.45) is 5.92 Å². The Labute approximate surface area is 166 Å². The molecule has 0 aliphatic carbocycles. The van der Waals surface area contributed by atoms with Crippen LogP contribution in [-0.4, -0.2) is 30.9 Å². The van der Waals surface area contributed by atoms with Crippen LogP contribution >= 0.6 is 23.2 Å². The van der Waals surface area contributed by atoms with Gasteiger partial charge in [-0.2, -0.15) is 0 Å². The number of carbonyl (C=O) groups is 3. The lowest BCUT2D eigenvalue weighted by Gasteiger charge is -2.16. The van der Waals surface area contributed by atoms with Crippen molar-refractivity contribution in [3.05, 3.63) is 58.6 Å². The van der Waals surface area contributed by atoms with Crippen LogP contribution in [0.4, 0.5) is 11.4 Å². The molecule has 3 rings (SSSR count). The number of anilines is 2. The minimum atomic E-state index is -0.605. The number of amides is 2. The number of carbonyl (C=O) groups excluding carboxylic acids is 3. The van der Waals surface area contributed by atoms with Crippen LogP contribution in [0.15, 0.2) is 48.5 Å². The Hall–Kier alpha value is -2.57. The summed E-state index contributed by atoms with van der Waals surface area (Å²) in [4.78, 5) is 37.9. The molecule has 1 atom stereocenters. The lowest BCUT2D eigenvalue weighted by atomic mass is 10.1. The highest BCUT2D eigenvalue weighted by Crippen LogP contribution is 2.26. The van der Waals surface area contributed by atoms with Crippen LogP contribution in [0.25, 0.3) is 0 Å². The highest BCUT2D eigenvalue weighted by molar-refractivity contribution is 6.35. The number of hydrogen-bond donors (Lipinski definition) is 1. The molecule has 1 aliphatic rings. The second-order valence-electron chi connectivity index (χ2n) is 6.05. The molecule has 2 amide bonds. The Balaban J connectivity index is 1.52. The molecule has 2 aromatic rings. The van der Waals surface area contributed by atoms with Gasteiger partial charge in [0.25, 0.3) is 5.91 Å². The van der Waals surface area contributed by atoms with Crippen molar-refractivity contribution in [3.8, 4) is 0 Å². The van der Waals surface area contributed by atoms with Crippen LogP contribution in [0.1, 0.15) is 6.42 Å². The third-order valence-electron chi connectivity index (χ3n) is 4.02. The molecule has 140 valence electrons. The van der Waals surface area contributed by atoms with E-state index in [1.54, 1.807) is 17.0 Å². The molecule has 1 saturated heterocycles. The van der Waals surface area contributed by atoms with E-state index in [2.05, 4.69) is 5.32 Å². The minimum Gasteiger partial charge on any atom is -0.455 e. The van der Waals surface area contributed by atoms with Gasteiger partial charge in [-0.1, -0.05) is 41.4 Å². The van der Waals surface area contributed by atoms with Gasteiger partial charge in [-0.25, -0.2) is 0 Å². The summed E-state index contributed by atoms with van der Waals surface area (Å²) in [6, 6.07) is 13.7. The summed E-state index contributed by atoms with van der Waals surface area (Å²) in [6.45, 7) is -0.230. The van der Waals surface area contributed by atoms with Crippen molar-refractivity contribution in [2.75, 3.05) is 23.4 Å². The predicted octanol–water partition coefficient (Wildman–Crippen LogP) is 3.53. The number of nitrogens with zero attached hydrogens (tertiary/aromatic N) is 1. The zero-order valence-electron chi connectivity index (χ0n) is 14.2. The van der Waals surface area contributed by atoms with Crippen LogP contribution in [0, 0.1) is 5.92 Å². The number of ether oxygens (including phenoxy) is 1. The topological polar surface area (TPSA) is 75.7 Å². The zero-order chi connectivity index (χ0) is 19.4. The third-order valence-corrected chi connectivity index (χ3v) is 4.45. The van der Waals surface area contributed by atoms with Crippen LogP contribution in [0.3, 0.4) is 0 Å². The quantitative estimate of drug-likeness (QED) is 0.770. The summed E-state index contributed by atoms with van der Waals surface area (Å²) in [5, 5.41) is 3.30. The van der Waals surface area contributed by atoms with Gasteiger partial charge in [0.2, 0.25) is 5.91 Å². The molecule has 0 saturated carbocycles. The minimum absolute atomic E-state index is 0.0548. The van der Waals surface area contributed by atoms with E-state index >= 15 is 0 Å². The second-order valence-corrected chi connectivity index (χ2v) is 6.93. The summed E-state index contributed by atoms with van der Waals surface area (Å²) in [5.41, 5.74) is 1.13. The van der Waals surface area contributed by atoms with Gasteiger partial charge in [0.15, 0.2) is 6.61 Å². The van der Waals surface area contributed by atoms with Crippen molar-refractivity contribution in [3.63, 3.8) is 0 Å². The lowest BCUT2D eigenvalue weighted by Crippen LogP contribution is -2.28. The van der Waals surface area contributed by atoms with Gasteiger partial charge in [-0.15, -0.1) is 0 Å².